The maximum Gasteiger partial charge on any atom is 0.223 e. The van der Waals surface area contributed by atoms with Gasteiger partial charge in [0.05, 0.1) is 19.1 Å². The van der Waals surface area contributed by atoms with E-state index in [-0.39, 0.29) is 11.9 Å². The molecule has 1 atom stereocenters. The lowest BCUT2D eigenvalue weighted by Crippen LogP contribution is -2.35. The van der Waals surface area contributed by atoms with Crippen LogP contribution in [0.3, 0.4) is 0 Å². The third-order valence-electron chi connectivity index (χ3n) is 3.69. The zero-order valence-corrected chi connectivity index (χ0v) is 14.8. The summed E-state index contributed by atoms with van der Waals surface area (Å²) in [6.07, 6.45) is 0.324. The highest BCUT2D eigenvalue weighted by Crippen LogP contribution is 2.21. The fraction of sp³-hybridized carbons (Fsp3) is 0.316. The van der Waals surface area contributed by atoms with Crippen molar-refractivity contribution >= 4 is 17.5 Å². The Morgan fingerprint density at radius 3 is 2.58 bits per heavy atom. The lowest BCUT2D eigenvalue weighted by Gasteiger charge is -2.25. The first kappa shape index (κ1) is 18.3. The number of carbonyl (C=O) groups is 1. The number of rotatable bonds is 8. The van der Waals surface area contributed by atoms with Crippen molar-refractivity contribution in [2.75, 3.05) is 27.2 Å². The van der Waals surface area contributed by atoms with Crippen LogP contribution in [-0.2, 0) is 4.79 Å². The Hall–Kier alpha value is -2.04. The molecule has 0 fully saturated rings. The number of likely N-dealkylation sites (N-methyl/N-ethyl adjacent to an activating group) is 1. The average Bonchev–Trinajstić information content (AvgIpc) is 2.56. The fourth-order valence-electron chi connectivity index (χ4n) is 2.39. The summed E-state index contributed by atoms with van der Waals surface area (Å²) in [7, 11) is 3.96. The summed E-state index contributed by atoms with van der Waals surface area (Å²) in [5.74, 6) is 0.746. The molecule has 1 N–H and O–H groups in total. The first-order chi connectivity index (χ1) is 11.6. The van der Waals surface area contributed by atoms with Gasteiger partial charge in [0.1, 0.15) is 5.75 Å². The smallest absolute Gasteiger partial charge is 0.223 e. The van der Waals surface area contributed by atoms with E-state index in [9.17, 15) is 4.79 Å². The van der Waals surface area contributed by atoms with Gasteiger partial charge in [-0.25, -0.2) is 0 Å². The topological polar surface area (TPSA) is 41.6 Å². The Kier molecular flexibility index (Phi) is 7.09. The Morgan fingerprint density at radius 2 is 1.92 bits per heavy atom. The molecule has 0 heterocycles. The maximum absolute atomic E-state index is 12.0. The highest BCUT2D eigenvalue weighted by Gasteiger charge is 2.15. The molecule has 1 amide bonds. The van der Waals surface area contributed by atoms with Gasteiger partial charge in [0, 0.05) is 11.6 Å². The molecule has 0 aliphatic carbocycles. The summed E-state index contributed by atoms with van der Waals surface area (Å²) in [4.78, 5) is 14.1. The summed E-state index contributed by atoms with van der Waals surface area (Å²) in [5, 5.41) is 3.66. The Morgan fingerprint density at radius 1 is 1.17 bits per heavy atom. The minimum atomic E-state index is -0.0280. The van der Waals surface area contributed by atoms with E-state index in [0.717, 1.165) is 11.3 Å². The van der Waals surface area contributed by atoms with E-state index in [2.05, 4.69) is 10.2 Å². The predicted molar refractivity (Wildman–Crippen MR) is 97.4 cm³/mol. The molecule has 5 heteroatoms. The number of para-hydroxylation sites is 1. The van der Waals surface area contributed by atoms with Gasteiger partial charge in [-0.05, 0) is 43.9 Å². The number of hydrogen-bond donors (Lipinski definition) is 1. The van der Waals surface area contributed by atoms with Crippen LogP contribution in [-0.4, -0.2) is 38.1 Å². The highest BCUT2D eigenvalue weighted by molar-refractivity contribution is 6.30. The number of amides is 1. The fourth-order valence-corrected chi connectivity index (χ4v) is 2.59. The van der Waals surface area contributed by atoms with E-state index in [1.807, 2.05) is 68.7 Å². The molecule has 1 unspecified atom stereocenters. The molecular formula is C19H23ClN2O2. The Bertz CT molecular complexity index is 647. The molecule has 0 aromatic heterocycles. The lowest BCUT2D eigenvalue weighted by atomic mass is 10.1. The molecular weight excluding hydrogens is 324 g/mol. The molecule has 0 radical (unpaired) electrons. The quantitative estimate of drug-likeness (QED) is 0.795. The first-order valence-electron chi connectivity index (χ1n) is 7.92. The zero-order chi connectivity index (χ0) is 17.4. The summed E-state index contributed by atoms with van der Waals surface area (Å²) in [6.45, 7) is 0.886. The second-order valence-electron chi connectivity index (χ2n) is 5.75. The standard InChI is InChI=1S/C19H23ClN2O2/c1-22(2)18(15-7-6-8-16(20)13-15)14-21-19(23)11-12-24-17-9-4-3-5-10-17/h3-10,13,18H,11-12,14H2,1-2H3,(H,21,23). The van der Waals surface area contributed by atoms with Gasteiger partial charge >= 0.3 is 0 Å². The predicted octanol–water partition coefficient (Wildman–Crippen LogP) is 3.53. The molecule has 128 valence electrons. The number of nitrogens with one attached hydrogen (secondary N) is 1. The Balaban J connectivity index is 1.80. The minimum absolute atomic E-state index is 0.0280. The number of carbonyl (C=O) groups excluding carboxylic acids is 1. The third kappa shape index (κ3) is 5.87. The molecule has 0 aliphatic rings. The molecule has 4 nitrogen and oxygen atoms in total. The van der Waals surface area contributed by atoms with Gasteiger partial charge in [0.15, 0.2) is 0 Å². The Labute approximate surface area is 148 Å². The average molecular weight is 347 g/mol. The van der Waals surface area contributed by atoms with Gasteiger partial charge in [0.25, 0.3) is 0 Å². The van der Waals surface area contributed by atoms with Crippen LogP contribution in [0.25, 0.3) is 0 Å². The maximum atomic E-state index is 12.0. The first-order valence-corrected chi connectivity index (χ1v) is 8.30. The van der Waals surface area contributed by atoms with Crippen LogP contribution >= 0.6 is 11.6 Å². The summed E-state index contributed by atoms with van der Waals surface area (Å²) >= 11 is 6.06. The van der Waals surface area contributed by atoms with Gasteiger partial charge < -0.3 is 15.0 Å². The molecule has 2 aromatic carbocycles. The van der Waals surface area contributed by atoms with Crippen molar-refractivity contribution in [1.29, 1.82) is 0 Å². The highest BCUT2D eigenvalue weighted by atomic mass is 35.5. The van der Waals surface area contributed by atoms with E-state index < -0.39 is 0 Å². The molecule has 2 rings (SSSR count). The summed E-state index contributed by atoms with van der Waals surface area (Å²) in [6, 6.07) is 17.3. The van der Waals surface area contributed by atoms with E-state index >= 15 is 0 Å². The van der Waals surface area contributed by atoms with Crippen LogP contribution in [0.4, 0.5) is 0 Å². The molecule has 24 heavy (non-hydrogen) atoms. The summed E-state index contributed by atoms with van der Waals surface area (Å²) < 4.78 is 5.54. The van der Waals surface area contributed by atoms with Crippen molar-refractivity contribution in [3.8, 4) is 5.75 Å². The van der Waals surface area contributed by atoms with Crippen molar-refractivity contribution in [3.05, 3.63) is 65.2 Å². The minimum Gasteiger partial charge on any atom is -0.493 e. The zero-order valence-electron chi connectivity index (χ0n) is 14.0. The number of benzene rings is 2. The van der Waals surface area contributed by atoms with E-state index in [0.29, 0.717) is 24.6 Å². The van der Waals surface area contributed by atoms with Crippen molar-refractivity contribution in [2.45, 2.75) is 12.5 Å². The molecule has 0 saturated carbocycles. The van der Waals surface area contributed by atoms with E-state index in [4.69, 9.17) is 16.3 Å². The molecule has 0 bridgehead atoms. The largest absolute Gasteiger partial charge is 0.493 e. The van der Waals surface area contributed by atoms with E-state index in [1.54, 1.807) is 0 Å². The normalized spacial score (nSPS) is 12.0. The monoisotopic (exact) mass is 346 g/mol. The van der Waals surface area contributed by atoms with E-state index in [1.165, 1.54) is 0 Å². The second-order valence-corrected chi connectivity index (χ2v) is 6.19. The molecule has 2 aromatic rings. The SMILES string of the molecule is CN(C)C(CNC(=O)CCOc1ccccc1)c1cccc(Cl)c1. The van der Waals surface area contributed by atoms with Crippen LogP contribution in [0.2, 0.25) is 5.02 Å². The van der Waals surface area contributed by atoms with Gasteiger partial charge in [-0.3, -0.25) is 4.79 Å². The van der Waals surface area contributed by atoms with Gasteiger partial charge in [0.2, 0.25) is 5.91 Å². The lowest BCUT2D eigenvalue weighted by molar-refractivity contribution is -0.121. The number of hydrogen-bond acceptors (Lipinski definition) is 3. The van der Waals surface area contributed by atoms with Crippen molar-refractivity contribution in [3.63, 3.8) is 0 Å². The second kappa shape index (κ2) is 9.30. The van der Waals surface area contributed by atoms with Crippen molar-refractivity contribution in [2.24, 2.45) is 0 Å². The third-order valence-corrected chi connectivity index (χ3v) is 3.93. The molecule has 0 aliphatic heterocycles. The van der Waals surface area contributed by atoms with Crippen LogP contribution in [0.1, 0.15) is 18.0 Å². The van der Waals surface area contributed by atoms with Crippen LogP contribution < -0.4 is 10.1 Å². The van der Waals surface area contributed by atoms with Gasteiger partial charge in [-0.15, -0.1) is 0 Å². The molecule has 0 spiro atoms. The van der Waals surface area contributed by atoms with Crippen LogP contribution in [0.15, 0.2) is 54.6 Å². The molecule has 0 saturated heterocycles. The van der Waals surface area contributed by atoms with Crippen molar-refractivity contribution in [1.82, 2.24) is 10.2 Å². The van der Waals surface area contributed by atoms with Gasteiger partial charge in [-0.2, -0.15) is 0 Å². The number of ether oxygens (including phenoxy) is 1. The van der Waals surface area contributed by atoms with Crippen LogP contribution in [0, 0.1) is 0 Å². The summed E-state index contributed by atoms with van der Waals surface area (Å²) in [5.41, 5.74) is 1.08. The number of halogens is 1. The number of nitrogens with zero attached hydrogens (tertiary/aromatic N) is 1. The van der Waals surface area contributed by atoms with Crippen LogP contribution in [0.5, 0.6) is 5.75 Å². The van der Waals surface area contributed by atoms with Crippen molar-refractivity contribution < 1.29 is 9.53 Å². The van der Waals surface area contributed by atoms with Gasteiger partial charge in [-0.1, -0.05) is 41.9 Å².